The number of para-hydroxylation sites is 1. The van der Waals surface area contributed by atoms with Gasteiger partial charge in [-0.05, 0) is 113 Å². The van der Waals surface area contributed by atoms with Crippen LogP contribution in [-0.2, 0) is 28.3 Å². The fraction of sp³-hybridized carbons (Fsp3) is 0.108. The highest BCUT2D eigenvalue weighted by molar-refractivity contribution is 5.86. The van der Waals surface area contributed by atoms with Gasteiger partial charge >= 0.3 is 5.97 Å². The van der Waals surface area contributed by atoms with Crippen LogP contribution in [0.3, 0.4) is 0 Å². The summed E-state index contributed by atoms with van der Waals surface area (Å²) in [5.41, 5.74) is 0.695. The van der Waals surface area contributed by atoms with Crippen LogP contribution < -0.4 is 5.56 Å². The second-order valence-corrected chi connectivity index (χ2v) is 8.81. The van der Waals surface area contributed by atoms with Crippen LogP contribution >= 0.6 is 0 Å². The van der Waals surface area contributed by atoms with E-state index in [0.717, 1.165) is 16.5 Å². The van der Waals surface area contributed by atoms with Crippen LogP contribution in [0.4, 0.5) is 0 Å². The lowest BCUT2D eigenvalue weighted by Gasteiger charge is -2.31. The van der Waals surface area contributed by atoms with E-state index in [2.05, 4.69) is 101 Å². The number of benzene rings is 1. The number of terminal acetylenes is 1. The van der Waals surface area contributed by atoms with Crippen molar-refractivity contribution in [2.24, 2.45) is 0 Å². The molecule has 3 aromatic rings. The second-order valence-electron chi connectivity index (χ2n) is 8.81. The lowest BCUT2D eigenvalue weighted by Crippen LogP contribution is -2.44. The molecule has 0 saturated carbocycles. The van der Waals surface area contributed by atoms with Gasteiger partial charge in [0, 0.05) is 16.5 Å². The number of rotatable bonds is 1. The zero-order valence-corrected chi connectivity index (χ0v) is 22.2. The van der Waals surface area contributed by atoms with Gasteiger partial charge in [-0.3, -0.25) is 4.79 Å². The van der Waals surface area contributed by atoms with Gasteiger partial charge in [-0.1, -0.05) is 24.1 Å². The molecular weight excluding hydrogens is 536 g/mol. The van der Waals surface area contributed by atoms with Crippen LogP contribution in [0.15, 0.2) is 41.2 Å². The predicted octanol–water partition coefficient (Wildman–Crippen LogP) is 1.72. The Morgan fingerprint density at radius 1 is 0.860 bits per heavy atom. The number of pyridine rings is 2. The third-order valence-electron chi connectivity index (χ3n) is 6.28. The molecule has 6 heteroatoms. The Morgan fingerprint density at radius 2 is 1.47 bits per heavy atom. The monoisotopic (exact) mass is 550 g/mol. The van der Waals surface area contributed by atoms with Crippen molar-refractivity contribution in [2.75, 3.05) is 0 Å². The third-order valence-corrected chi connectivity index (χ3v) is 6.28. The number of hydrogen-bond donors (Lipinski definition) is 1. The van der Waals surface area contributed by atoms with E-state index in [0.29, 0.717) is 17.9 Å². The van der Waals surface area contributed by atoms with E-state index in [1.54, 1.807) is 10.6 Å². The Bertz CT molecular complexity index is 2370. The minimum Gasteiger partial charge on any atom is -0.458 e. The smallest absolute Gasteiger partial charge is 0.344 e. The number of nitrogens with zero attached hydrogens (tertiary/aromatic N) is 2. The van der Waals surface area contributed by atoms with Crippen molar-refractivity contribution >= 4 is 16.9 Å². The van der Waals surface area contributed by atoms with Crippen molar-refractivity contribution in [3.8, 4) is 118 Å². The number of carbonyl (C=O) groups excluding carboxylic acids is 1. The molecule has 4 heterocycles. The van der Waals surface area contributed by atoms with Crippen LogP contribution in [0.25, 0.3) is 22.3 Å². The van der Waals surface area contributed by atoms with Crippen LogP contribution in [0.1, 0.15) is 23.1 Å². The van der Waals surface area contributed by atoms with E-state index in [1.165, 1.54) is 0 Å². The molecule has 0 aliphatic carbocycles. The van der Waals surface area contributed by atoms with E-state index in [-0.39, 0.29) is 29.7 Å². The zero-order chi connectivity index (χ0) is 30.1. The van der Waals surface area contributed by atoms with Crippen molar-refractivity contribution in [3.05, 3.63) is 63.4 Å². The molecule has 0 unspecified atom stereocenters. The highest BCUT2D eigenvalue weighted by Crippen LogP contribution is 2.38. The third kappa shape index (κ3) is 5.83. The maximum absolute atomic E-state index is 13.4. The first-order valence-electron chi connectivity index (χ1n) is 12.5. The van der Waals surface area contributed by atoms with Gasteiger partial charge in [0.15, 0.2) is 5.60 Å². The van der Waals surface area contributed by atoms with Crippen LogP contribution in [-0.4, -0.2) is 20.6 Å². The Balaban J connectivity index is 1.32. The predicted molar refractivity (Wildman–Crippen MR) is 160 cm³/mol. The molecule has 1 N–H and O–H groups in total. The van der Waals surface area contributed by atoms with Crippen molar-refractivity contribution in [1.29, 1.82) is 0 Å². The normalized spacial score (nSPS) is 13.9. The summed E-state index contributed by atoms with van der Waals surface area (Å²) in [6.07, 6.45) is 4.62. The number of aromatic nitrogens is 2. The molecule has 0 amide bonds. The Morgan fingerprint density at radius 3 is 2.12 bits per heavy atom. The summed E-state index contributed by atoms with van der Waals surface area (Å²) >= 11 is 0. The first kappa shape index (κ1) is 27.6. The Labute approximate surface area is 247 Å². The number of fused-ring (bicyclic) bond motifs is 5. The molecule has 2 aromatic heterocycles. The molecule has 0 fully saturated rings. The maximum Gasteiger partial charge on any atom is 0.344 e. The molecule has 1 aromatic carbocycles. The van der Waals surface area contributed by atoms with Gasteiger partial charge in [0.2, 0.25) is 0 Å². The van der Waals surface area contributed by atoms with Gasteiger partial charge in [-0.2, -0.15) is 0 Å². The number of ether oxygens (including phenoxy) is 1. The van der Waals surface area contributed by atoms with E-state index >= 15 is 0 Å². The summed E-state index contributed by atoms with van der Waals surface area (Å²) in [6, 6.07) is 11.3. The second kappa shape index (κ2) is 12.5. The highest BCUT2D eigenvalue weighted by atomic mass is 16.6. The Kier molecular flexibility index (Phi) is 8.02. The fourth-order valence-corrected chi connectivity index (χ4v) is 4.42. The number of hydrogen-bond acceptors (Lipinski definition) is 5. The van der Waals surface area contributed by atoms with Gasteiger partial charge in [-0.25, -0.2) is 9.78 Å². The molecule has 2 aliphatic heterocycles. The van der Waals surface area contributed by atoms with Gasteiger partial charge < -0.3 is 14.4 Å². The van der Waals surface area contributed by atoms with E-state index < -0.39 is 11.6 Å². The Hall–Kier alpha value is -6.95. The standard InChI is InChI=1S/C37H14N2O4/c1-2-3-4-5-6-7-8-9-10-11-12-13-14-15-16-17-20-23-37(42)31-25-33-34-29(24-28-21-18-19-22-32(28)38-34)26-39(33)35(40)30(31)27-43-36(37)41/h1,18-19,21-22,24-25,42H,23,26-27H2/t37-/m0/s1. The fourth-order valence-electron chi connectivity index (χ4n) is 4.42. The van der Waals surface area contributed by atoms with Gasteiger partial charge in [0.1, 0.15) is 6.61 Å². The van der Waals surface area contributed by atoms with Gasteiger partial charge in [0.25, 0.3) is 5.56 Å². The minimum absolute atomic E-state index is 0.163. The van der Waals surface area contributed by atoms with E-state index in [9.17, 15) is 14.7 Å². The van der Waals surface area contributed by atoms with Crippen LogP contribution in [0, 0.1) is 107 Å². The lowest BCUT2D eigenvalue weighted by atomic mass is 9.85. The average molecular weight is 551 g/mol. The summed E-state index contributed by atoms with van der Waals surface area (Å²) < 4.78 is 6.77. The van der Waals surface area contributed by atoms with Gasteiger partial charge in [-0.15, -0.1) is 6.42 Å². The first-order valence-corrected chi connectivity index (χ1v) is 12.5. The summed E-state index contributed by atoms with van der Waals surface area (Å²) in [5.74, 6) is 41.0. The van der Waals surface area contributed by atoms with Gasteiger partial charge in [0.05, 0.1) is 35.4 Å². The molecule has 2 aliphatic rings. The summed E-state index contributed by atoms with van der Waals surface area (Å²) in [7, 11) is 0. The average Bonchev–Trinajstić information content (AvgIpc) is 3.37. The van der Waals surface area contributed by atoms with Crippen LogP contribution in [0.2, 0.25) is 0 Å². The topological polar surface area (TPSA) is 81.4 Å². The molecule has 0 spiro atoms. The van der Waals surface area contributed by atoms with Crippen molar-refractivity contribution in [3.63, 3.8) is 0 Å². The molecule has 196 valence electrons. The molecular formula is C37H14N2O4. The highest BCUT2D eigenvalue weighted by Gasteiger charge is 2.46. The molecule has 6 nitrogen and oxygen atoms in total. The van der Waals surface area contributed by atoms with Crippen LogP contribution in [0.5, 0.6) is 0 Å². The SMILES string of the molecule is C#CC#CC#CC#CC#CC#CC#CC#CC#CC[C@@]1(O)C(=O)OCc2c1cc1n(c2=O)Cc2cc3ccccc3nc2-1. The number of aliphatic hydroxyl groups is 1. The molecule has 0 saturated heterocycles. The first-order chi connectivity index (χ1) is 21.0. The van der Waals surface area contributed by atoms with E-state index in [4.69, 9.17) is 16.1 Å². The lowest BCUT2D eigenvalue weighted by molar-refractivity contribution is -0.171. The quantitative estimate of drug-likeness (QED) is 0.289. The van der Waals surface area contributed by atoms with Crippen molar-refractivity contribution < 1.29 is 14.6 Å². The summed E-state index contributed by atoms with van der Waals surface area (Å²) in [6.45, 7) is 0.0977. The molecule has 1 atom stereocenters. The maximum atomic E-state index is 13.4. The molecule has 0 radical (unpaired) electrons. The number of cyclic esters (lactones) is 1. The van der Waals surface area contributed by atoms with E-state index in [1.807, 2.05) is 30.3 Å². The minimum atomic E-state index is -2.14. The number of carbonyl (C=O) groups is 1. The molecule has 5 rings (SSSR count). The summed E-state index contributed by atoms with van der Waals surface area (Å²) in [5, 5.41) is 12.4. The number of esters is 1. The van der Waals surface area contributed by atoms with Crippen molar-refractivity contribution in [2.45, 2.75) is 25.2 Å². The van der Waals surface area contributed by atoms with Crippen molar-refractivity contribution in [1.82, 2.24) is 9.55 Å². The molecule has 43 heavy (non-hydrogen) atoms. The largest absolute Gasteiger partial charge is 0.458 e. The zero-order valence-electron chi connectivity index (χ0n) is 22.2. The molecule has 0 bridgehead atoms. The summed E-state index contributed by atoms with van der Waals surface area (Å²) in [4.78, 5) is 30.9.